The maximum absolute atomic E-state index is 11.1. The van der Waals surface area contributed by atoms with Crippen LogP contribution in [0.25, 0.3) is 11.1 Å². The second-order valence-corrected chi connectivity index (χ2v) is 5.24. The lowest BCUT2D eigenvalue weighted by molar-refractivity contribution is 0.100. The fraction of sp³-hybridized carbons (Fsp3) is 0.0500. The van der Waals surface area contributed by atoms with E-state index >= 15 is 0 Å². The summed E-state index contributed by atoms with van der Waals surface area (Å²) >= 11 is 0. The summed E-state index contributed by atoms with van der Waals surface area (Å²) in [5.74, 6) is 0.410. The number of nitrogens with two attached hydrogens (primary N) is 1. The molecule has 0 atom stereocenters. The van der Waals surface area contributed by atoms with Gasteiger partial charge in [-0.25, -0.2) is 0 Å². The predicted molar refractivity (Wildman–Crippen MR) is 91.2 cm³/mol. The van der Waals surface area contributed by atoms with Crippen LogP contribution < -0.4 is 10.5 Å². The average Bonchev–Trinajstić information content (AvgIpc) is 2.61. The first-order valence-corrected chi connectivity index (χ1v) is 7.39. The topological polar surface area (TPSA) is 52.3 Å². The van der Waals surface area contributed by atoms with Gasteiger partial charge in [0.05, 0.1) is 0 Å². The standard InChI is InChI=1S/C20H17NO2/c21-20(22)18-8-6-16(7-9-18)17-10-12-19(13-11-17)23-14-15-4-2-1-3-5-15/h1-13H,14H2,(H2,21,22). The van der Waals surface area contributed by atoms with Crippen LogP contribution in [0.5, 0.6) is 5.75 Å². The molecule has 3 aromatic rings. The molecule has 0 radical (unpaired) electrons. The zero-order chi connectivity index (χ0) is 16.1. The molecule has 0 heterocycles. The molecule has 0 aliphatic heterocycles. The van der Waals surface area contributed by atoms with Gasteiger partial charge < -0.3 is 10.5 Å². The number of amides is 1. The van der Waals surface area contributed by atoms with E-state index in [9.17, 15) is 4.79 Å². The maximum Gasteiger partial charge on any atom is 0.248 e. The van der Waals surface area contributed by atoms with Crippen LogP contribution in [0, 0.1) is 0 Å². The summed E-state index contributed by atoms with van der Waals surface area (Å²) in [7, 11) is 0. The Morgan fingerprint density at radius 2 is 1.35 bits per heavy atom. The van der Waals surface area contributed by atoms with Gasteiger partial charge in [-0.2, -0.15) is 0 Å². The molecule has 0 aliphatic rings. The molecule has 3 aromatic carbocycles. The predicted octanol–water partition coefficient (Wildman–Crippen LogP) is 4.03. The van der Waals surface area contributed by atoms with Crippen LogP contribution in [0.15, 0.2) is 78.9 Å². The Labute approximate surface area is 135 Å². The zero-order valence-electron chi connectivity index (χ0n) is 12.6. The Balaban J connectivity index is 1.68. The molecule has 0 saturated heterocycles. The average molecular weight is 303 g/mol. The van der Waals surface area contributed by atoms with E-state index in [4.69, 9.17) is 10.5 Å². The SMILES string of the molecule is NC(=O)c1ccc(-c2ccc(OCc3ccccc3)cc2)cc1. The van der Waals surface area contributed by atoms with Gasteiger partial charge >= 0.3 is 0 Å². The van der Waals surface area contributed by atoms with Gasteiger partial charge in [0.15, 0.2) is 0 Å². The zero-order valence-corrected chi connectivity index (χ0v) is 12.6. The molecule has 0 unspecified atom stereocenters. The van der Waals surface area contributed by atoms with Crippen molar-refractivity contribution in [2.45, 2.75) is 6.61 Å². The Morgan fingerprint density at radius 3 is 1.91 bits per heavy atom. The molecule has 0 aliphatic carbocycles. The summed E-state index contributed by atoms with van der Waals surface area (Å²) in [5, 5.41) is 0. The van der Waals surface area contributed by atoms with E-state index in [0.29, 0.717) is 12.2 Å². The molecule has 1 amide bonds. The van der Waals surface area contributed by atoms with Gasteiger partial charge in [0, 0.05) is 5.56 Å². The summed E-state index contributed by atoms with van der Waals surface area (Å²) in [6.45, 7) is 0.549. The van der Waals surface area contributed by atoms with Gasteiger partial charge in [-0.05, 0) is 41.0 Å². The van der Waals surface area contributed by atoms with E-state index in [1.165, 1.54) is 0 Å². The molecule has 23 heavy (non-hydrogen) atoms. The second-order valence-electron chi connectivity index (χ2n) is 5.24. The number of hydrogen-bond donors (Lipinski definition) is 1. The third kappa shape index (κ3) is 3.77. The van der Waals surface area contributed by atoms with Crippen LogP contribution in [-0.2, 0) is 6.61 Å². The molecular weight excluding hydrogens is 286 g/mol. The first-order valence-electron chi connectivity index (χ1n) is 7.39. The lowest BCUT2D eigenvalue weighted by atomic mass is 10.0. The van der Waals surface area contributed by atoms with Gasteiger partial charge in [-0.15, -0.1) is 0 Å². The highest BCUT2D eigenvalue weighted by Crippen LogP contribution is 2.23. The first-order chi connectivity index (χ1) is 11.2. The minimum absolute atomic E-state index is 0.416. The Kier molecular flexibility index (Phi) is 4.39. The lowest BCUT2D eigenvalue weighted by Gasteiger charge is -2.08. The van der Waals surface area contributed by atoms with Crippen molar-refractivity contribution in [3.05, 3.63) is 90.0 Å². The third-order valence-electron chi connectivity index (χ3n) is 3.61. The van der Waals surface area contributed by atoms with Crippen molar-refractivity contribution < 1.29 is 9.53 Å². The van der Waals surface area contributed by atoms with Crippen LogP contribution >= 0.6 is 0 Å². The molecule has 114 valence electrons. The van der Waals surface area contributed by atoms with Gasteiger partial charge in [0.1, 0.15) is 12.4 Å². The fourth-order valence-corrected chi connectivity index (χ4v) is 2.31. The summed E-state index contributed by atoms with van der Waals surface area (Å²) in [5.41, 5.74) is 8.99. The number of carbonyl (C=O) groups excluding carboxylic acids is 1. The second kappa shape index (κ2) is 6.79. The quantitative estimate of drug-likeness (QED) is 0.773. The Hall–Kier alpha value is -3.07. The highest BCUT2D eigenvalue weighted by molar-refractivity contribution is 5.93. The van der Waals surface area contributed by atoms with Gasteiger partial charge in [0.25, 0.3) is 0 Å². The molecule has 0 saturated carbocycles. The van der Waals surface area contributed by atoms with Gasteiger partial charge in [-0.1, -0.05) is 54.6 Å². The highest BCUT2D eigenvalue weighted by atomic mass is 16.5. The third-order valence-corrected chi connectivity index (χ3v) is 3.61. The molecular formula is C20H17NO2. The molecule has 0 spiro atoms. The molecule has 2 N–H and O–H groups in total. The van der Waals surface area contributed by atoms with E-state index in [-0.39, 0.29) is 0 Å². The molecule has 3 nitrogen and oxygen atoms in total. The molecule has 3 heteroatoms. The van der Waals surface area contributed by atoms with Gasteiger partial charge in [-0.3, -0.25) is 4.79 Å². The smallest absolute Gasteiger partial charge is 0.248 e. The van der Waals surface area contributed by atoms with E-state index in [2.05, 4.69) is 0 Å². The summed E-state index contributed by atoms with van der Waals surface area (Å²) < 4.78 is 5.77. The van der Waals surface area contributed by atoms with Gasteiger partial charge in [0.2, 0.25) is 5.91 Å². The molecule has 0 fully saturated rings. The van der Waals surface area contributed by atoms with Crippen molar-refractivity contribution in [1.29, 1.82) is 0 Å². The largest absolute Gasteiger partial charge is 0.489 e. The van der Waals surface area contributed by atoms with Crippen molar-refractivity contribution in [2.24, 2.45) is 5.73 Å². The van der Waals surface area contributed by atoms with Crippen molar-refractivity contribution in [1.82, 2.24) is 0 Å². The number of ether oxygens (including phenoxy) is 1. The van der Waals surface area contributed by atoms with Crippen LogP contribution in [0.3, 0.4) is 0 Å². The summed E-state index contributed by atoms with van der Waals surface area (Å²) in [4.78, 5) is 11.1. The number of benzene rings is 3. The number of hydrogen-bond acceptors (Lipinski definition) is 2. The van der Waals surface area contributed by atoms with E-state index in [1.807, 2.05) is 66.7 Å². The van der Waals surface area contributed by atoms with E-state index < -0.39 is 5.91 Å². The van der Waals surface area contributed by atoms with Crippen LogP contribution in [0.4, 0.5) is 0 Å². The van der Waals surface area contributed by atoms with E-state index in [0.717, 1.165) is 22.4 Å². The van der Waals surface area contributed by atoms with Crippen LogP contribution in [0.2, 0.25) is 0 Å². The summed E-state index contributed by atoms with van der Waals surface area (Å²) in [6, 6.07) is 25.2. The molecule has 0 aromatic heterocycles. The fourth-order valence-electron chi connectivity index (χ4n) is 2.31. The molecule has 3 rings (SSSR count). The molecule has 0 bridgehead atoms. The minimum Gasteiger partial charge on any atom is -0.489 e. The van der Waals surface area contributed by atoms with E-state index in [1.54, 1.807) is 12.1 Å². The number of carbonyl (C=O) groups is 1. The minimum atomic E-state index is -0.416. The first kappa shape index (κ1) is 14.9. The Bertz CT molecular complexity index is 778. The van der Waals surface area contributed by atoms with Crippen molar-refractivity contribution in [2.75, 3.05) is 0 Å². The number of rotatable bonds is 5. The monoisotopic (exact) mass is 303 g/mol. The Morgan fingerprint density at radius 1 is 0.783 bits per heavy atom. The van der Waals surface area contributed by atoms with Crippen LogP contribution in [0.1, 0.15) is 15.9 Å². The van der Waals surface area contributed by atoms with Crippen molar-refractivity contribution in [3.8, 4) is 16.9 Å². The normalized spacial score (nSPS) is 10.3. The maximum atomic E-state index is 11.1. The number of primary amides is 1. The van der Waals surface area contributed by atoms with Crippen molar-refractivity contribution >= 4 is 5.91 Å². The lowest BCUT2D eigenvalue weighted by Crippen LogP contribution is -2.10. The highest BCUT2D eigenvalue weighted by Gasteiger charge is 2.02. The summed E-state index contributed by atoms with van der Waals surface area (Å²) in [6.07, 6.45) is 0. The van der Waals surface area contributed by atoms with Crippen molar-refractivity contribution in [3.63, 3.8) is 0 Å². The van der Waals surface area contributed by atoms with Crippen LogP contribution in [-0.4, -0.2) is 5.91 Å².